The molecule has 176 valence electrons. The SMILES string of the molecule is COc1cccc(CN2CCC(COc3nc(C(F)(F)F)cn3-c3ccccc3F)CC2)c1. The number of piperidine rings is 1. The molecule has 0 radical (unpaired) electrons. The Kier molecular flexibility index (Phi) is 6.88. The molecular weight excluding hydrogens is 438 g/mol. The molecule has 0 bridgehead atoms. The predicted molar refractivity (Wildman–Crippen MR) is 115 cm³/mol. The van der Waals surface area contributed by atoms with Crippen LogP contribution in [0.15, 0.2) is 54.7 Å². The summed E-state index contributed by atoms with van der Waals surface area (Å²) in [6.07, 6.45) is -2.20. The van der Waals surface area contributed by atoms with Crippen molar-refractivity contribution in [1.82, 2.24) is 14.5 Å². The average molecular weight is 463 g/mol. The van der Waals surface area contributed by atoms with Crippen LogP contribution in [0.2, 0.25) is 0 Å². The zero-order valence-corrected chi connectivity index (χ0v) is 18.2. The van der Waals surface area contributed by atoms with Crippen molar-refractivity contribution in [2.24, 2.45) is 5.92 Å². The van der Waals surface area contributed by atoms with Gasteiger partial charge in [0.05, 0.1) is 19.4 Å². The number of hydrogen-bond donors (Lipinski definition) is 0. The molecule has 0 aliphatic carbocycles. The fourth-order valence-electron chi connectivity index (χ4n) is 3.95. The Morgan fingerprint density at radius 2 is 1.82 bits per heavy atom. The van der Waals surface area contributed by atoms with E-state index in [4.69, 9.17) is 9.47 Å². The summed E-state index contributed by atoms with van der Waals surface area (Å²) < 4.78 is 65.9. The second kappa shape index (κ2) is 9.82. The number of methoxy groups -OCH3 is 1. The molecule has 5 nitrogen and oxygen atoms in total. The third-order valence-corrected chi connectivity index (χ3v) is 5.77. The number of likely N-dealkylation sites (tertiary alicyclic amines) is 1. The molecule has 4 rings (SSSR count). The fourth-order valence-corrected chi connectivity index (χ4v) is 3.95. The number of para-hydroxylation sites is 1. The van der Waals surface area contributed by atoms with Crippen molar-refractivity contribution in [2.75, 3.05) is 26.8 Å². The minimum atomic E-state index is -4.65. The second-order valence-corrected chi connectivity index (χ2v) is 8.11. The summed E-state index contributed by atoms with van der Waals surface area (Å²) >= 11 is 0. The quantitative estimate of drug-likeness (QED) is 0.444. The highest BCUT2D eigenvalue weighted by atomic mass is 19.4. The van der Waals surface area contributed by atoms with E-state index in [1.807, 2.05) is 18.2 Å². The van der Waals surface area contributed by atoms with Crippen LogP contribution in [0.5, 0.6) is 11.8 Å². The fraction of sp³-hybridized carbons (Fsp3) is 0.375. The molecule has 0 N–H and O–H groups in total. The topological polar surface area (TPSA) is 39.5 Å². The molecule has 0 amide bonds. The minimum Gasteiger partial charge on any atom is -0.497 e. The number of benzene rings is 2. The van der Waals surface area contributed by atoms with Gasteiger partial charge in [0.1, 0.15) is 11.6 Å². The Morgan fingerprint density at radius 3 is 2.52 bits per heavy atom. The number of halogens is 4. The maximum Gasteiger partial charge on any atom is 0.435 e. The largest absolute Gasteiger partial charge is 0.497 e. The summed E-state index contributed by atoms with van der Waals surface area (Å²) in [4.78, 5) is 5.92. The van der Waals surface area contributed by atoms with Crippen molar-refractivity contribution in [3.8, 4) is 17.4 Å². The lowest BCUT2D eigenvalue weighted by atomic mass is 9.97. The Hall–Kier alpha value is -3.07. The molecule has 0 saturated carbocycles. The molecule has 3 aromatic rings. The lowest BCUT2D eigenvalue weighted by molar-refractivity contribution is -0.141. The normalized spacial score (nSPS) is 15.5. The first-order valence-electron chi connectivity index (χ1n) is 10.7. The summed E-state index contributed by atoms with van der Waals surface area (Å²) in [5, 5.41) is 0. The summed E-state index contributed by atoms with van der Waals surface area (Å²) in [7, 11) is 1.64. The number of imidazole rings is 1. The summed E-state index contributed by atoms with van der Waals surface area (Å²) in [6, 6.07) is 13.3. The first-order valence-corrected chi connectivity index (χ1v) is 10.7. The first-order chi connectivity index (χ1) is 15.8. The van der Waals surface area contributed by atoms with Gasteiger partial charge in [0.25, 0.3) is 0 Å². The maximum absolute atomic E-state index is 14.2. The molecule has 9 heteroatoms. The Labute approximate surface area is 189 Å². The smallest absolute Gasteiger partial charge is 0.435 e. The van der Waals surface area contributed by atoms with E-state index in [9.17, 15) is 17.6 Å². The second-order valence-electron chi connectivity index (χ2n) is 8.11. The number of hydrogen-bond acceptors (Lipinski definition) is 4. The zero-order chi connectivity index (χ0) is 23.4. The van der Waals surface area contributed by atoms with Gasteiger partial charge in [-0.1, -0.05) is 24.3 Å². The van der Waals surface area contributed by atoms with Gasteiger partial charge in [-0.2, -0.15) is 18.2 Å². The third kappa shape index (κ3) is 5.65. The third-order valence-electron chi connectivity index (χ3n) is 5.77. The molecule has 1 aliphatic rings. The molecule has 2 heterocycles. The van der Waals surface area contributed by atoms with Gasteiger partial charge < -0.3 is 9.47 Å². The minimum absolute atomic E-state index is 0.0383. The Bertz CT molecular complexity index is 1080. The van der Waals surface area contributed by atoms with E-state index < -0.39 is 17.7 Å². The van der Waals surface area contributed by atoms with Gasteiger partial charge in [-0.05, 0) is 61.7 Å². The average Bonchev–Trinajstić information content (AvgIpc) is 3.24. The van der Waals surface area contributed by atoms with Gasteiger partial charge in [-0.25, -0.2) is 4.39 Å². The molecule has 0 spiro atoms. The number of alkyl halides is 3. The van der Waals surface area contributed by atoms with E-state index in [0.717, 1.165) is 54.6 Å². The van der Waals surface area contributed by atoms with Crippen LogP contribution in [0, 0.1) is 11.7 Å². The van der Waals surface area contributed by atoms with Gasteiger partial charge in [-0.3, -0.25) is 9.47 Å². The number of ether oxygens (including phenoxy) is 2. The predicted octanol–water partition coefficient (Wildman–Crippen LogP) is 5.33. The van der Waals surface area contributed by atoms with Gasteiger partial charge in [-0.15, -0.1) is 0 Å². The van der Waals surface area contributed by atoms with Crippen molar-refractivity contribution in [3.05, 3.63) is 71.8 Å². The van der Waals surface area contributed by atoms with Crippen LogP contribution in [0.3, 0.4) is 0 Å². The van der Waals surface area contributed by atoms with Gasteiger partial charge >= 0.3 is 12.2 Å². The van der Waals surface area contributed by atoms with Crippen LogP contribution in [-0.2, 0) is 12.7 Å². The molecule has 0 unspecified atom stereocenters. The standard InChI is InChI=1S/C24H25F4N3O2/c1-32-19-6-4-5-18(13-19)14-30-11-9-17(10-12-30)16-33-23-29-22(24(26,27)28)15-31(23)21-8-3-2-7-20(21)25/h2-8,13,15,17H,9-12,14,16H2,1H3. The van der Waals surface area contributed by atoms with Crippen LogP contribution in [0.25, 0.3) is 5.69 Å². The van der Waals surface area contributed by atoms with Crippen molar-refractivity contribution >= 4 is 0 Å². The van der Waals surface area contributed by atoms with Crippen LogP contribution >= 0.6 is 0 Å². The number of aromatic nitrogens is 2. The molecule has 1 fully saturated rings. The van der Waals surface area contributed by atoms with Crippen molar-refractivity contribution in [1.29, 1.82) is 0 Å². The highest BCUT2D eigenvalue weighted by Gasteiger charge is 2.36. The van der Waals surface area contributed by atoms with Crippen molar-refractivity contribution < 1.29 is 27.0 Å². The van der Waals surface area contributed by atoms with Crippen LogP contribution in [-0.4, -0.2) is 41.3 Å². The molecule has 2 aromatic carbocycles. The van der Waals surface area contributed by atoms with Gasteiger partial charge in [0.15, 0.2) is 5.69 Å². The van der Waals surface area contributed by atoms with Crippen LogP contribution in [0.1, 0.15) is 24.1 Å². The first kappa shape index (κ1) is 23.1. The van der Waals surface area contributed by atoms with Crippen LogP contribution < -0.4 is 9.47 Å². The Balaban J connectivity index is 1.38. The van der Waals surface area contributed by atoms with E-state index in [0.29, 0.717) is 0 Å². The van der Waals surface area contributed by atoms with Crippen LogP contribution in [0.4, 0.5) is 17.6 Å². The van der Waals surface area contributed by atoms with Crippen molar-refractivity contribution in [3.63, 3.8) is 0 Å². The maximum atomic E-state index is 14.2. The van der Waals surface area contributed by atoms with E-state index in [1.54, 1.807) is 13.2 Å². The molecular formula is C24H25F4N3O2. The zero-order valence-electron chi connectivity index (χ0n) is 18.2. The van der Waals surface area contributed by atoms with E-state index in [1.165, 1.54) is 18.2 Å². The molecule has 33 heavy (non-hydrogen) atoms. The van der Waals surface area contributed by atoms with Crippen molar-refractivity contribution in [2.45, 2.75) is 25.6 Å². The van der Waals surface area contributed by atoms with E-state index in [-0.39, 0.29) is 24.2 Å². The molecule has 1 aromatic heterocycles. The van der Waals surface area contributed by atoms with Gasteiger partial charge in [0.2, 0.25) is 0 Å². The summed E-state index contributed by atoms with van der Waals surface area (Å²) in [6.45, 7) is 2.72. The highest BCUT2D eigenvalue weighted by molar-refractivity contribution is 5.37. The lowest BCUT2D eigenvalue weighted by Gasteiger charge is -2.31. The molecule has 1 aliphatic heterocycles. The summed E-state index contributed by atoms with van der Waals surface area (Å²) in [5.74, 6) is 0.338. The van der Waals surface area contributed by atoms with E-state index >= 15 is 0 Å². The molecule has 1 saturated heterocycles. The number of nitrogens with zero attached hydrogens (tertiary/aromatic N) is 3. The highest BCUT2D eigenvalue weighted by Crippen LogP contribution is 2.32. The monoisotopic (exact) mass is 463 g/mol. The molecule has 0 atom stereocenters. The summed E-state index contributed by atoms with van der Waals surface area (Å²) in [5.41, 5.74) is 0.00751. The van der Waals surface area contributed by atoms with E-state index in [2.05, 4.69) is 16.0 Å². The number of rotatable bonds is 7. The van der Waals surface area contributed by atoms with Gasteiger partial charge in [0, 0.05) is 12.7 Å². The Morgan fingerprint density at radius 1 is 1.06 bits per heavy atom. The lowest BCUT2D eigenvalue weighted by Crippen LogP contribution is -2.35.